The summed E-state index contributed by atoms with van der Waals surface area (Å²) in [6, 6.07) is 0. The molecule has 1 unspecified atom stereocenters. The molecule has 0 amide bonds. The summed E-state index contributed by atoms with van der Waals surface area (Å²) in [7, 11) is 0. The molecular weight excluding hydrogens is 162 g/mol. The molecule has 2 rings (SSSR count). The van der Waals surface area contributed by atoms with Crippen LogP contribution in [0, 0.1) is 6.92 Å². The molecule has 1 aliphatic rings. The maximum Gasteiger partial charge on any atom is 0.130 e. The zero-order valence-corrected chi connectivity index (χ0v) is 8.17. The maximum absolute atomic E-state index is 5.88. The molecule has 3 nitrogen and oxygen atoms in total. The summed E-state index contributed by atoms with van der Waals surface area (Å²) in [6.07, 6.45) is 3.50. The van der Waals surface area contributed by atoms with E-state index in [2.05, 4.69) is 16.9 Å². The molecule has 1 atom stereocenters. The summed E-state index contributed by atoms with van der Waals surface area (Å²) in [5.41, 5.74) is 8.24. The first-order chi connectivity index (χ1) is 6.18. The van der Waals surface area contributed by atoms with Crippen molar-refractivity contribution in [3.63, 3.8) is 0 Å². The van der Waals surface area contributed by atoms with Gasteiger partial charge in [-0.2, -0.15) is 0 Å². The zero-order valence-electron chi connectivity index (χ0n) is 8.17. The van der Waals surface area contributed by atoms with E-state index >= 15 is 0 Å². The third-order valence-corrected chi connectivity index (χ3v) is 2.71. The van der Waals surface area contributed by atoms with E-state index in [0.717, 1.165) is 12.2 Å². The van der Waals surface area contributed by atoms with Gasteiger partial charge >= 0.3 is 0 Å². The molecule has 3 heteroatoms. The number of aromatic nitrogens is 2. The summed E-state index contributed by atoms with van der Waals surface area (Å²) in [5.74, 6) is 2.02. The quantitative estimate of drug-likeness (QED) is 0.657. The van der Waals surface area contributed by atoms with Gasteiger partial charge in [0.15, 0.2) is 0 Å². The molecule has 70 valence electrons. The number of hydrogen-bond acceptors (Lipinski definition) is 3. The Labute approximate surface area is 78.4 Å². The molecule has 0 radical (unpaired) electrons. The van der Waals surface area contributed by atoms with Gasteiger partial charge in [-0.3, -0.25) is 0 Å². The number of nitrogens with zero attached hydrogens (tertiary/aromatic N) is 2. The molecule has 1 heterocycles. The summed E-state index contributed by atoms with van der Waals surface area (Å²) in [6.45, 7) is 4.10. The number of anilines is 1. The fraction of sp³-hybridized carbons (Fsp3) is 0.600. The first-order valence-corrected chi connectivity index (χ1v) is 4.81. The Morgan fingerprint density at radius 3 is 2.92 bits per heavy atom. The van der Waals surface area contributed by atoms with Crippen LogP contribution >= 0.6 is 0 Å². The van der Waals surface area contributed by atoms with Crippen molar-refractivity contribution >= 4 is 5.82 Å². The predicted octanol–water partition coefficient (Wildman–Crippen LogP) is 1.81. The minimum Gasteiger partial charge on any atom is -0.383 e. The standard InChI is InChI=1S/C10H15N3/c1-6-4-3-5-8-9(6)10(11)13-7(2)12-8/h6H,3-5H2,1-2H3,(H2,11,12,13). The van der Waals surface area contributed by atoms with Gasteiger partial charge in [0, 0.05) is 11.3 Å². The molecular formula is C10H15N3. The van der Waals surface area contributed by atoms with Crippen molar-refractivity contribution in [3.05, 3.63) is 17.1 Å². The van der Waals surface area contributed by atoms with Crippen LogP contribution in [0.15, 0.2) is 0 Å². The minimum absolute atomic E-state index is 0.532. The van der Waals surface area contributed by atoms with Gasteiger partial charge in [0.1, 0.15) is 11.6 Å². The fourth-order valence-corrected chi connectivity index (χ4v) is 2.11. The van der Waals surface area contributed by atoms with Crippen LogP contribution in [0.2, 0.25) is 0 Å². The van der Waals surface area contributed by atoms with E-state index in [-0.39, 0.29) is 0 Å². The average Bonchev–Trinajstić information content (AvgIpc) is 2.02. The van der Waals surface area contributed by atoms with Gasteiger partial charge in [0.25, 0.3) is 0 Å². The SMILES string of the molecule is Cc1nc(N)c2c(n1)CCCC2C. The Hall–Kier alpha value is -1.12. The summed E-state index contributed by atoms with van der Waals surface area (Å²) in [5, 5.41) is 0. The van der Waals surface area contributed by atoms with Gasteiger partial charge in [0.05, 0.1) is 0 Å². The molecule has 0 fully saturated rings. The molecule has 2 N–H and O–H groups in total. The van der Waals surface area contributed by atoms with Crippen LogP contribution in [-0.4, -0.2) is 9.97 Å². The van der Waals surface area contributed by atoms with Gasteiger partial charge in [-0.25, -0.2) is 9.97 Å². The van der Waals surface area contributed by atoms with Crippen molar-refractivity contribution in [1.82, 2.24) is 9.97 Å². The second-order valence-electron chi connectivity index (χ2n) is 3.81. The lowest BCUT2D eigenvalue weighted by atomic mass is 9.87. The number of nitrogen functional groups attached to an aromatic ring is 1. The monoisotopic (exact) mass is 177 g/mol. The smallest absolute Gasteiger partial charge is 0.130 e. The minimum atomic E-state index is 0.532. The molecule has 0 aliphatic heterocycles. The molecule has 0 bridgehead atoms. The van der Waals surface area contributed by atoms with Crippen molar-refractivity contribution in [1.29, 1.82) is 0 Å². The summed E-state index contributed by atoms with van der Waals surface area (Å²) in [4.78, 5) is 8.64. The van der Waals surface area contributed by atoms with Gasteiger partial charge < -0.3 is 5.73 Å². The first kappa shape index (κ1) is 8.48. The Morgan fingerprint density at radius 2 is 2.15 bits per heavy atom. The van der Waals surface area contributed by atoms with Crippen LogP contribution in [0.4, 0.5) is 5.82 Å². The van der Waals surface area contributed by atoms with Crippen molar-refractivity contribution in [2.45, 2.75) is 39.0 Å². The molecule has 0 saturated carbocycles. The van der Waals surface area contributed by atoms with Crippen LogP contribution in [0.1, 0.15) is 42.8 Å². The number of nitrogens with two attached hydrogens (primary N) is 1. The van der Waals surface area contributed by atoms with Gasteiger partial charge in [-0.1, -0.05) is 6.92 Å². The maximum atomic E-state index is 5.88. The topological polar surface area (TPSA) is 51.8 Å². The molecule has 1 aliphatic carbocycles. The molecule has 0 saturated heterocycles. The van der Waals surface area contributed by atoms with Crippen LogP contribution in [0.3, 0.4) is 0 Å². The number of fused-ring (bicyclic) bond motifs is 1. The predicted molar refractivity (Wildman–Crippen MR) is 52.5 cm³/mol. The van der Waals surface area contributed by atoms with E-state index in [4.69, 9.17) is 5.73 Å². The van der Waals surface area contributed by atoms with Crippen molar-refractivity contribution in [3.8, 4) is 0 Å². The van der Waals surface area contributed by atoms with Gasteiger partial charge in [0.2, 0.25) is 0 Å². The van der Waals surface area contributed by atoms with Crippen molar-refractivity contribution in [2.24, 2.45) is 0 Å². The van der Waals surface area contributed by atoms with E-state index in [0.29, 0.717) is 11.7 Å². The van der Waals surface area contributed by atoms with Crippen LogP contribution in [-0.2, 0) is 6.42 Å². The second kappa shape index (κ2) is 2.98. The summed E-state index contributed by atoms with van der Waals surface area (Å²) >= 11 is 0. The molecule has 1 aromatic heterocycles. The molecule has 1 aromatic rings. The van der Waals surface area contributed by atoms with Crippen LogP contribution in [0.25, 0.3) is 0 Å². The normalized spacial score (nSPS) is 21.2. The highest BCUT2D eigenvalue weighted by molar-refractivity contribution is 5.45. The molecule has 0 spiro atoms. The van der Waals surface area contributed by atoms with Gasteiger partial charge in [-0.15, -0.1) is 0 Å². The Bertz CT molecular complexity index is 333. The van der Waals surface area contributed by atoms with E-state index < -0.39 is 0 Å². The lowest BCUT2D eigenvalue weighted by Gasteiger charge is -2.22. The van der Waals surface area contributed by atoms with Gasteiger partial charge in [-0.05, 0) is 32.1 Å². The Morgan fingerprint density at radius 1 is 1.38 bits per heavy atom. The van der Waals surface area contributed by atoms with E-state index in [9.17, 15) is 0 Å². The molecule has 0 aromatic carbocycles. The third kappa shape index (κ3) is 1.39. The molecule has 13 heavy (non-hydrogen) atoms. The lowest BCUT2D eigenvalue weighted by molar-refractivity contribution is 0.575. The number of aryl methyl sites for hydroxylation is 2. The zero-order chi connectivity index (χ0) is 9.42. The fourth-order valence-electron chi connectivity index (χ4n) is 2.11. The second-order valence-corrected chi connectivity index (χ2v) is 3.81. The van der Waals surface area contributed by atoms with Crippen molar-refractivity contribution < 1.29 is 0 Å². The third-order valence-electron chi connectivity index (χ3n) is 2.71. The van der Waals surface area contributed by atoms with Crippen LogP contribution in [0.5, 0.6) is 0 Å². The highest BCUT2D eigenvalue weighted by atomic mass is 14.9. The first-order valence-electron chi connectivity index (χ1n) is 4.81. The lowest BCUT2D eigenvalue weighted by Crippen LogP contribution is -2.14. The Kier molecular flexibility index (Phi) is 1.94. The average molecular weight is 177 g/mol. The van der Waals surface area contributed by atoms with E-state index in [1.165, 1.54) is 24.1 Å². The highest BCUT2D eigenvalue weighted by Gasteiger charge is 2.21. The largest absolute Gasteiger partial charge is 0.383 e. The highest BCUT2D eigenvalue weighted by Crippen LogP contribution is 2.32. The number of rotatable bonds is 0. The number of hydrogen-bond donors (Lipinski definition) is 1. The van der Waals surface area contributed by atoms with Crippen LogP contribution < -0.4 is 5.73 Å². The van der Waals surface area contributed by atoms with E-state index in [1.54, 1.807) is 0 Å². The summed E-state index contributed by atoms with van der Waals surface area (Å²) < 4.78 is 0. The van der Waals surface area contributed by atoms with Crippen molar-refractivity contribution in [2.75, 3.05) is 5.73 Å². The Balaban J connectivity index is 2.56. The van der Waals surface area contributed by atoms with E-state index in [1.807, 2.05) is 6.92 Å².